The number of halogens is 1. The molecule has 1 atom stereocenters. The van der Waals surface area contributed by atoms with E-state index in [4.69, 9.17) is 16.3 Å². The van der Waals surface area contributed by atoms with E-state index in [0.717, 1.165) is 22.1 Å². The number of aromatic nitrogens is 2. The van der Waals surface area contributed by atoms with Gasteiger partial charge in [-0.25, -0.2) is 14.8 Å². The lowest BCUT2D eigenvalue weighted by Gasteiger charge is -2.22. The number of carbonyl (C=O) groups is 1. The molecule has 33 heavy (non-hydrogen) atoms. The zero-order valence-electron chi connectivity index (χ0n) is 18.1. The Hall–Kier alpha value is -3.70. The molecule has 0 saturated carbocycles. The van der Waals surface area contributed by atoms with Crippen LogP contribution in [0.25, 0.3) is 23.1 Å². The van der Waals surface area contributed by atoms with Crippen LogP contribution in [-0.4, -0.2) is 29.1 Å². The summed E-state index contributed by atoms with van der Waals surface area (Å²) >= 11 is 6.39. The molecule has 164 valence electrons. The molecule has 1 aliphatic rings. The molecule has 4 aromatic rings. The molecule has 0 radical (unpaired) electrons. The summed E-state index contributed by atoms with van der Waals surface area (Å²) in [5.74, 6) is 0.142. The second-order valence-corrected chi connectivity index (χ2v) is 8.24. The zero-order chi connectivity index (χ0) is 22.8. The van der Waals surface area contributed by atoms with E-state index in [2.05, 4.69) is 39.6 Å². The van der Waals surface area contributed by atoms with E-state index >= 15 is 0 Å². The van der Waals surface area contributed by atoms with Gasteiger partial charge in [0.25, 0.3) is 0 Å². The monoisotopic (exact) mass is 455 g/mol. The van der Waals surface area contributed by atoms with Crippen molar-refractivity contribution in [3.05, 3.63) is 99.8 Å². The highest BCUT2D eigenvalue weighted by Crippen LogP contribution is 2.36. The molecule has 5 nitrogen and oxygen atoms in total. The van der Waals surface area contributed by atoms with Crippen LogP contribution in [-0.2, 0) is 4.74 Å². The molecular weight excluding hydrogens is 434 g/mol. The van der Waals surface area contributed by atoms with Crippen molar-refractivity contribution in [2.45, 2.75) is 12.8 Å². The Balaban J connectivity index is 1.56. The molecular formula is C27H22ClN3O2. The van der Waals surface area contributed by atoms with Crippen LogP contribution in [0.3, 0.4) is 0 Å². The summed E-state index contributed by atoms with van der Waals surface area (Å²) in [7, 11) is 0. The molecule has 1 aliphatic carbocycles. The van der Waals surface area contributed by atoms with Gasteiger partial charge in [0, 0.05) is 22.9 Å². The Labute approximate surface area is 197 Å². The molecule has 0 saturated heterocycles. The number of rotatable bonds is 5. The van der Waals surface area contributed by atoms with Crippen molar-refractivity contribution in [2.75, 3.05) is 18.5 Å². The third kappa shape index (κ3) is 4.20. The van der Waals surface area contributed by atoms with Crippen molar-refractivity contribution in [1.82, 2.24) is 9.97 Å². The maximum Gasteiger partial charge on any atom is 0.376 e. The smallest absolute Gasteiger partial charge is 0.376 e. The van der Waals surface area contributed by atoms with Gasteiger partial charge in [0.05, 0.1) is 12.1 Å². The van der Waals surface area contributed by atoms with Gasteiger partial charge in [-0.2, -0.15) is 0 Å². The third-order valence-corrected chi connectivity index (χ3v) is 6.01. The minimum atomic E-state index is -0.535. The molecule has 6 heteroatoms. The minimum absolute atomic E-state index is 0.0321. The first-order valence-electron chi connectivity index (χ1n) is 10.9. The molecule has 1 unspecified atom stereocenters. The van der Waals surface area contributed by atoms with E-state index in [9.17, 15) is 4.79 Å². The Morgan fingerprint density at radius 2 is 1.73 bits per heavy atom. The molecule has 1 N–H and O–H groups in total. The Kier molecular flexibility index (Phi) is 5.80. The van der Waals surface area contributed by atoms with Crippen LogP contribution >= 0.6 is 11.6 Å². The Bertz CT molecular complexity index is 1380. The predicted octanol–water partition coefficient (Wildman–Crippen LogP) is 6.19. The van der Waals surface area contributed by atoms with Crippen molar-refractivity contribution < 1.29 is 9.53 Å². The largest absolute Gasteiger partial charge is 0.460 e. The topological polar surface area (TPSA) is 64.1 Å². The molecule has 1 heterocycles. The number of benzene rings is 3. The van der Waals surface area contributed by atoms with Gasteiger partial charge < -0.3 is 10.1 Å². The van der Waals surface area contributed by atoms with Gasteiger partial charge in [0.15, 0.2) is 0 Å². The van der Waals surface area contributed by atoms with Crippen LogP contribution in [0.15, 0.2) is 66.7 Å². The molecule has 0 fully saturated rings. The average molecular weight is 456 g/mol. The summed E-state index contributed by atoms with van der Waals surface area (Å²) in [6, 6.07) is 22.0. The molecule has 0 amide bonds. The zero-order valence-corrected chi connectivity index (χ0v) is 18.8. The minimum Gasteiger partial charge on any atom is -0.460 e. The lowest BCUT2D eigenvalue weighted by atomic mass is 9.87. The fourth-order valence-corrected chi connectivity index (χ4v) is 4.42. The van der Waals surface area contributed by atoms with Crippen molar-refractivity contribution in [3.8, 4) is 0 Å². The number of nitrogens with one attached hydrogen (secondary N) is 1. The van der Waals surface area contributed by atoms with Gasteiger partial charge in [-0.15, -0.1) is 0 Å². The number of carbonyl (C=O) groups excluding carboxylic acids is 1. The number of esters is 1. The molecule has 5 rings (SSSR count). The second kappa shape index (κ2) is 9.04. The fourth-order valence-electron chi connectivity index (χ4n) is 4.24. The first kappa shape index (κ1) is 21.2. The van der Waals surface area contributed by atoms with E-state index in [-0.39, 0.29) is 18.3 Å². The Morgan fingerprint density at radius 3 is 2.58 bits per heavy atom. The molecule has 1 aromatic heterocycles. The van der Waals surface area contributed by atoms with Crippen molar-refractivity contribution >= 4 is 46.4 Å². The van der Waals surface area contributed by atoms with Crippen LogP contribution in [0.1, 0.15) is 45.7 Å². The van der Waals surface area contributed by atoms with E-state index < -0.39 is 5.97 Å². The van der Waals surface area contributed by atoms with E-state index in [1.54, 1.807) is 6.92 Å². The predicted molar refractivity (Wildman–Crippen MR) is 133 cm³/mol. The van der Waals surface area contributed by atoms with Crippen molar-refractivity contribution in [1.29, 1.82) is 0 Å². The summed E-state index contributed by atoms with van der Waals surface area (Å²) in [5.41, 5.74) is 5.31. The standard InChI is InChI=1S/C27H22ClN3O2/c1-2-33-27(32)26-30-24-10-6-5-9-21(24)25(31-26)29-16-23-20-8-4-3-7-17(20)11-12-18-13-14-19(28)15-22(18)23/h3-15,23H,2,16H2,1H3,(H,29,30,31). The van der Waals surface area contributed by atoms with Crippen LogP contribution < -0.4 is 5.32 Å². The Morgan fingerprint density at radius 1 is 0.970 bits per heavy atom. The number of para-hydroxylation sites is 1. The van der Waals surface area contributed by atoms with E-state index in [1.807, 2.05) is 54.6 Å². The average Bonchev–Trinajstić information content (AvgIpc) is 2.99. The first-order valence-corrected chi connectivity index (χ1v) is 11.3. The van der Waals surface area contributed by atoms with Gasteiger partial charge in [0.1, 0.15) is 5.82 Å². The van der Waals surface area contributed by atoms with E-state index in [1.165, 1.54) is 5.56 Å². The van der Waals surface area contributed by atoms with Gasteiger partial charge in [0.2, 0.25) is 5.82 Å². The lowest BCUT2D eigenvalue weighted by Crippen LogP contribution is -2.18. The summed E-state index contributed by atoms with van der Waals surface area (Å²) < 4.78 is 5.13. The number of nitrogens with zero attached hydrogens (tertiary/aromatic N) is 2. The van der Waals surface area contributed by atoms with Gasteiger partial charge in [-0.1, -0.05) is 66.2 Å². The number of hydrogen-bond acceptors (Lipinski definition) is 5. The van der Waals surface area contributed by atoms with Gasteiger partial charge in [-0.05, 0) is 53.4 Å². The van der Waals surface area contributed by atoms with Crippen molar-refractivity contribution in [2.24, 2.45) is 0 Å². The number of hydrogen-bond donors (Lipinski definition) is 1. The highest BCUT2D eigenvalue weighted by atomic mass is 35.5. The van der Waals surface area contributed by atoms with Gasteiger partial charge >= 0.3 is 5.97 Å². The summed E-state index contributed by atoms with van der Waals surface area (Å²) in [6.45, 7) is 2.59. The highest BCUT2D eigenvalue weighted by Gasteiger charge is 2.23. The lowest BCUT2D eigenvalue weighted by molar-refractivity contribution is 0.0512. The van der Waals surface area contributed by atoms with Gasteiger partial charge in [-0.3, -0.25) is 0 Å². The summed E-state index contributed by atoms with van der Waals surface area (Å²) in [4.78, 5) is 21.3. The quantitative estimate of drug-likeness (QED) is 0.363. The summed E-state index contributed by atoms with van der Waals surface area (Å²) in [6.07, 6.45) is 4.27. The summed E-state index contributed by atoms with van der Waals surface area (Å²) in [5, 5.41) is 5.04. The van der Waals surface area contributed by atoms with Crippen LogP contribution in [0, 0.1) is 0 Å². The fraction of sp³-hybridized carbons (Fsp3) is 0.148. The molecule has 0 spiro atoms. The maximum absolute atomic E-state index is 12.4. The maximum atomic E-state index is 12.4. The number of anilines is 1. The second-order valence-electron chi connectivity index (χ2n) is 7.80. The number of ether oxygens (including phenoxy) is 1. The normalized spacial score (nSPS) is 14.3. The van der Waals surface area contributed by atoms with Crippen LogP contribution in [0.5, 0.6) is 0 Å². The highest BCUT2D eigenvalue weighted by molar-refractivity contribution is 6.30. The molecule has 3 aromatic carbocycles. The van der Waals surface area contributed by atoms with Crippen molar-refractivity contribution in [3.63, 3.8) is 0 Å². The SMILES string of the molecule is CCOC(=O)c1nc(NCC2c3ccccc3C=Cc3ccc(Cl)cc32)c2ccccc2n1. The molecule has 0 aliphatic heterocycles. The number of fused-ring (bicyclic) bond motifs is 3. The first-order chi connectivity index (χ1) is 16.1. The third-order valence-electron chi connectivity index (χ3n) is 5.77. The van der Waals surface area contributed by atoms with E-state index in [0.29, 0.717) is 22.9 Å². The molecule has 0 bridgehead atoms. The van der Waals surface area contributed by atoms with Crippen LogP contribution in [0.4, 0.5) is 5.82 Å². The van der Waals surface area contributed by atoms with Crippen LogP contribution in [0.2, 0.25) is 5.02 Å².